The molecule has 0 bridgehead atoms. The zero-order valence-electron chi connectivity index (χ0n) is 10.0. The molecule has 0 fully saturated rings. The third-order valence-corrected chi connectivity index (χ3v) is 3.38. The maximum Gasteiger partial charge on any atom is 0.124 e. The van der Waals surface area contributed by atoms with Crippen LogP contribution >= 0.6 is 15.9 Å². The highest BCUT2D eigenvalue weighted by Gasteiger charge is 2.18. The standard InChI is InChI=1S/C13H19BrFN/c1-8(2)13(9(3)16)6-10-4-11(14)7-12(15)5-10/h4-5,7-9,13H,6,16H2,1-3H3. The van der Waals surface area contributed by atoms with Crippen LogP contribution in [0.3, 0.4) is 0 Å². The van der Waals surface area contributed by atoms with E-state index in [4.69, 9.17) is 5.73 Å². The molecule has 1 nitrogen and oxygen atoms in total. The van der Waals surface area contributed by atoms with E-state index in [1.807, 2.05) is 13.0 Å². The van der Waals surface area contributed by atoms with Crippen LogP contribution in [-0.2, 0) is 6.42 Å². The first-order valence-electron chi connectivity index (χ1n) is 5.60. The van der Waals surface area contributed by atoms with Crippen LogP contribution in [0.15, 0.2) is 22.7 Å². The molecule has 2 unspecified atom stereocenters. The van der Waals surface area contributed by atoms with Gasteiger partial charge in [-0.25, -0.2) is 4.39 Å². The average Bonchev–Trinajstić information content (AvgIpc) is 2.11. The summed E-state index contributed by atoms with van der Waals surface area (Å²) in [6.45, 7) is 6.32. The zero-order valence-corrected chi connectivity index (χ0v) is 11.6. The second-order valence-corrected chi connectivity index (χ2v) is 5.66. The molecule has 0 saturated heterocycles. The minimum Gasteiger partial charge on any atom is -0.328 e. The molecule has 1 aromatic carbocycles. The Balaban J connectivity index is 2.85. The second-order valence-electron chi connectivity index (χ2n) is 4.75. The monoisotopic (exact) mass is 287 g/mol. The van der Waals surface area contributed by atoms with Crippen molar-refractivity contribution >= 4 is 15.9 Å². The first kappa shape index (κ1) is 13.7. The van der Waals surface area contributed by atoms with Crippen molar-refractivity contribution in [3.05, 3.63) is 34.1 Å². The Bertz CT molecular complexity index is 322. The minimum atomic E-state index is -0.198. The molecule has 0 heterocycles. The number of hydrogen-bond donors (Lipinski definition) is 1. The van der Waals surface area contributed by atoms with Crippen LogP contribution in [0.25, 0.3) is 0 Å². The van der Waals surface area contributed by atoms with Gasteiger partial charge in [0.05, 0.1) is 0 Å². The maximum absolute atomic E-state index is 13.2. The van der Waals surface area contributed by atoms with E-state index < -0.39 is 0 Å². The molecular weight excluding hydrogens is 269 g/mol. The van der Waals surface area contributed by atoms with Crippen molar-refractivity contribution in [2.75, 3.05) is 0 Å². The lowest BCUT2D eigenvalue weighted by Crippen LogP contribution is -2.32. The smallest absolute Gasteiger partial charge is 0.124 e. The molecule has 0 saturated carbocycles. The zero-order chi connectivity index (χ0) is 12.3. The van der Waals surface area contributed by atoms with E-state index in [9.17, 15) is 4.39 Å². The maximum atomic E-state index is 13.2. The first-order chi connectivity index (χ1) is 7.40. The molecular formula is C13H19BrFN. The molecule has 0 amide bonds. The quantitative estimate of drug-likeness (QED) is 0.897. The topological polar surface area (TPSA) is 26.0 Å². The summed E-state index contributed by atoms with van der Waals surface area (Å²) in [6.07, 6.45) is 0.825. The molecule has 0 aliphatic heterocycles. The minimum absolute atomic E-state index is 0.127. The van der Waals surface area contributed by atoms with Gasteiger partial charge in [0.25, 0.3) is 0 Å². The van der Waals surface area contributed by atoms with Gasteiger partial charge in [0.1, 0.15) is 5.82 Å². The van der Waals surface area contributed by atoms with Gasteiger partial charge in [0.2, 0.25) is 0 Å². The predicted molar refractivity (Wildman–Crippen MR) is 69.8 cm³/mol. The third kappa shape index (κ3) is 3.87. The lowest BCUT2D eigenvalue weighted by atomic mass is 9.84. The number of hydrogen-bond acceptors (Lipinski definition) is 1. The normalized spacial score (nSPS) is 15.2. The molecule has 90 valence electrons. The van der Waals surface area contributed by atoms with E-state index in [0.717, 1.165) is 16.5 Å². The van der Waals surface area contributed by atoms with Crippen molar-refractivity contribution < 1.29 is 4.39 Å². The molecule has 1 rings (SSSR count). The molecule has 1 aromatic rings. The summed E-state index contributed by atoms with van der Waals surface area (Å²) in [5.41, 5.74) is 6.96. The number of nitrogens with two attached hydrogens (primary N) is 1. The van der Waals surface area contributed by atoms with Crippen molar-refractivity contribution in [2.45, 2.75) is 33.2 Å². The fourth-order valence-electron chi connectivity index (χ4n) is 2.03. The molecule has 0 aliphatic carbocycles. The summed E-state index contributed by atoms with van der Waals surface area (Å²) in [5.74, 6) is 0.687. The van der Waals surface area contributed by atoms with Crippen molar-refractivity contribution in [2.24, 2.45) is 17.6 Å². The third-order valence-electron chi connectivity index (χ3n) is 2.93. The summed E-state index contributed by atoms with van der Waals surface area (Å²) < 4.78 is 14.0. The highest BCUT2D eigenvalue weighted by Crippen LogP contribution is 2.23. The van der Waals surface area contributed by atoms with Crippen molar-refractivity contribution in [3.63, 3.8) is 0 Å². The van der Waals surface area contributed by atoms with Gasteiger partial charge in [-0.15, -0.1) is 0 Å². The Labute approximate surface area is 105 Å². The number of halogens is 2. The van der Waals surface area contributed by atoms with E-state index in [2.05, 4.69) is 29.8 Å². The van der Waals surface area contributed by atoms with Crippen LogP contribution in [0.1, 0.15) is 26.3 Å². The first-order valence-corrected chi connectivity index (χ1v) is 6.40. The molecule has 0 aromatic heterocycles. The van der Waals surface area contributed by atoms with E-state index in [1.54, 1.807) is 6.07 Å². The largest absolute Gasteiger partial charge is 0.328 e. The van der Waals surface area contributed by atoms with Gasteiger partial charge >= 0.3 is 0 Å². The van der Waals surface area contributed by atoms with Gasteiger partial charge < -0.3 is 5.73 Å². The Morgan fingerprint density at radius 3 is 2.31 bits per heavy atom. The lowest BCUT2D eigenvalue weighted by molar-refractivity contribution is 0.329. The van der Waals surface area contributed by atoms with Crippen molar-refractivity contribution in [1.82, 2.24) is 0 Å². The van der Waals surface area contributed by atoms with Crippen LogP contribution in [-0.4, -0.2) is 6.04 Å². The fourth-order valence-corrected chi connectivity index (χ4v) is 2.54. The summed E-state index contributed by atoms with van der Waals surface area (Å²) in [5, 5.41) is 0. The average molecular weight is 288 g/mol. The van der Waals surface area contributed by atoms with E-state index >= 15 is 0 Å². The molecule has 2 N–H and O–H groups in total. The molecule has 2 atom stereocenters. The van der Waals surface area contributed by atoms with Gasteiger partial charge in [-0.2, -0.15) is 0 Å². The highest BCUT2D eigenvalue weighted by molar-refractivity contribution is 9.10. The van der Waals surface area contributed by atoms with Gasteiger partial charge in [-0.1, -0.05) is 29.8 Å². The molecule has 0 spiro atoms. The Kier molecular flexibility index (Phi) is 4.93. The summed E-state index contributed by atoms with van der Waals surface area (Å²) in [7, 11) is 0. The van der Waals surface area contributed by atoms with Crippen LogP contribution < -0.4 is 5.73 Å². The van der Waals surface area contributed by atoms with Gasteiger partial charge in [-0.05, 0) is 48.9 Å². The van der Waals surface area contributed by atoms with E-state index in [0.29, 0.717) is 11.8 Å². The lowest BCUT2D eigenvalue weighted by Gasteiger charge is -2.24. The van der Waals surface area contributed by atoms with Gasteiger partial charge in [-0.3, -0.25) is 0 Å². The number of benzene rings is 1. The van der Waals surface area contributed by atoms with Gasteiger partial charge in [0.15, 0.2) is 0 Å². The summed E-state index contributed by atoms with van der Waals surface area (Å²) >= 11 is 3.31. The van der Waals surface area contributed by atoms with E-state index in [1.165, 1.54) is 6.07 Å². The fraction of sp³-hybridized carbons (Fsp3) is 0.538. The number of rotatable bonds is 4. The van der Waals surface area contributed by atoms with Crippen LogP contribution in [0.4, 0.5) is 4.39 Å². The second kappa shape index (κ2) is 5.78. The Morgan fingerprint density at radius 1 is 1.25 bits per heavy atom. The van der Waals surface area contributed by atoms with Crippen LogP contribution in [0, 0.1) is 17.7 Å². The van der Waals surface area contributed by atoms with Crippen molar-refractivity contribution in [1.29, 1.82) is 0 Å². The predicted octanol–water partition coefficient (Wildman–Crippen LogP) is 3.75. The molecule has 3 heteroatoms. The molecule has 0 radical (unpaired) electrons. The summed E-state index contributed by atoms with van der Waals surface area (Å²) in [4.78, 5) is 0. The SMILES string of the molecule is CC(C)C(Cc1cc(F)cc(Br)c1)C(C)N. The highest BCUT2D eigenvalue weighted by atomic mass is 79.9. The van der Waals surface area contributed by atoms with E-state index in [-0.39, 0.29) is 11.9 Å². The van der Waals surface area contributed by atoms with Crippen molar-refractivity contribution in [3.8, 4) is 0 Å². The van der Waals surface area contributed by atoms with Crippen LogP contribution in [0.2, 0.25) is 0 Å². The Morgan fingerprint density at radius 2 is 1.88 bits per heavy atom. The molecule has 16 heavy (non-hydrogen) atoms. The van der Waals surface area contributed by atoms with Crippen LogP contribution in [0.5, 0.6) is 0 Å². The molecule has 0 aliphatic rings. The van der Waals surface area contributed by atoms with Gasteiger partial charge in [0, 0.05) is 10.5 Å². The Hall–Kier alpha value is -0.410. The summed E-state index contributed by atoms with van der Waals surface area (Å²) in [6, 6.07) is 5.14.